The van der Waals surface area contributed by atoms with Crippen LogP contribution in [-0.2, 0) is 24.9 Å². The Morgan fingerprint density at radius 2 is 1.72 bits per heavy atom. The normalized spacial score (nSPS) is 10.8. The summed E-state index contributed by atoms with van der Waals surface area (Å²) in [5.41, 5.74) is 4.48. The largest absolute Gasteiger partial charge is 0.350 e. The van der Waals surface area contributed by atoms with Crippen LogP contribution in [0, 0.1) is 5.82 Å². The van der Waals surface area contributed by atoms with Crippen molar-refractivity contribution in [2.24, 2.45) is 7.05 Å². The third-order valence-electron chi connectivity index (χ3n) is 4.44. The molecule has 0 fully saturated rings. The second-order valence-corrected chi connectivity index (χ2v) is 6.69. The highest BCUT2D eigenvalue weighted by Crippen LogP contribution is 2.19. The maximum absolute atomic E-state index is 13.0. The molecule has 0 radical (unpaired) electrons. The Hall–Kier alpha value is -3.81. The van der Waals surface area contributed by atoms with Gasteiger partial charge < -0.3 is 5.32 Å². The van der Waals surface area contributed by atoms with E-state index in [1.165, 1.54) is 12.1 Å². The maximum Gasteiger partial charge on any atom is 0.241 e. The van der Waals surface area contributed by atoms with Crippen LogP contribution >= 0.6 is 0 Å². The molecule has 1 N–H and O–H groups in total. The molecule has 8 heteroatoms. The fourth-order valence-electron chi connectivity index (χ4n) is 2.96. The Morgan fingerprint density at radius 3 is 2.48 bits per heavy atom. The first-order chi connectivity index (χ1) is 14.1. The number of aryl methyl sites for hydroxylation is 1. The van der Waals surface area contributed by atoms with Gasteiger partial charge in [-0.2, -0.15) is 10.2 Å². The summed E-state index contributed by atoms with van der Waals surface area (Å²) in [6.07, 6.45) is 10.6. The molecular formula is C21H19FN6O. The molecule has 7 nitrogen and oxygen atoms in total. The van der Waals surface area contributed by atoms with Crippen LogP contribution in [0.5, 0.6) is 0 Å². The number of carbonyl (C=O) groups is 1. The van der Waals surface area contributed by atoms with Crippen LogP contribution in [0.25, 0.3) is 22.3 Å². The van der Waals surface area contributed by atoms with E-state index < -0.39 is 0 Å². The van der Waals surface area contributed by atoms with E-state index in [4.69, 9.17) is 0 Å². The fraction of sp³-hybridized carbons (Fsp3) is 0.143. The highest BCUT2D eigenvalue weighted by molar-refractivity contribution is 5.76. The molecule has 0 unspecified atom stereocenters. The lowest BCUT2D eigenvalue weighted by Gasteiger charge is -2.06. The van der Waals surface area contributed by atoms with Gasteiger partial charge in [0, 0.05) is 55.1 Å². The molecule has 0 saturated carbocycles. The molecule has 0 aliphatic carbocycles. The first-order valence-corrected chi connectivity index (χ1v) is 9.05. The van der Waals surface area contributed by atoms with Crippen molar-refractivity contribution >= 4 is 5.91 Å². The quantitative estimate of drug-likeness (QED) is 0.549. The number of hydrogen-bond donors (Lipinski definition) is 1. The Bertz CT molecular complexity index is 1130. The van der Waals surface area contributed by atoms with Crippen LogP contribution in [0.15, 0.2) is 67.5 Å². The van der Waals surface area contributed by atoms with Crippen LogP contribution in [0.3, 0.4) is 0 Å². The number of pyridine rings is 1. The molecule has 0 spiro atoms. The van der Waals surface area contributed by atoms with Gasteiger partial charge in [-0.25, -0.2) is 4.39 Å². The molecule has 3 heterocycles. The van der Waals surface area contributed by atoms with E-state index in [9.17, 15) is 9.18 Å². The van der Waals surface area contributed by atoms with Gasteiger partial charge in [0.2, 0.25) is 5.91 Å². The fourth-order valence-corrected chi connectivity index (χ4v) is 2.96. The van der Waals surface area contributed by atoms with Gasteiger partial charge in [0.15, 0.2) is 0 Å². The molecule has 0 saturated heterocycles. The van der Waals surface area contributed by atoms with Crippen LogP contribution in [0.2, 0.25) is 0 Å². The molecular weight excluding hydrogens is 371 g/mol. The third-order valence-corrected chi connectivity index (χ3v) is 4.44. The molecule has 1 aromatic carbocycles. The average molecular weight is 390 g/mol. The number of hydrogen-bond acceptors (Lipinski definition) is 4. The lowest BCUT2D eigenvalue weighted by molar-refractivity contribution is -0.122. The predicted molar refractivity (Wildman–Crippen MR) is 106 cm³/mol. The first-order valence-electron chi connectivity index (χ1n) is 9.05. The Morgan fingerprint density at radius 1 is 0.966 bits per heavy atom. The summed E-state index contributed by atoms with van der Waals surface area (Å²) >= 11 is 0. The third kappa shape index (κ3) is 4.55. The number of nitrogens with zero attached hydrogens (tertiary/aromatic N) is 5. The number of halogens is 1. The Balaban J connectivity index is 1.35. The predicted octanol–water partition coefficient (Wildman–Crippen LogP) is 2.80. The highest BCUT2D eigenvalue weighted by Gasteiger charge is 2.08. The van der Waals surface area contributed by atoms with Gasteiger partial charge in [0.05, 0.1) is 12.4 Å². The van der Waals surface area contributed by atoms with E-state index in [2.05, 4.69) is 20.5 Å². The van der Waals surface area contributed by atoms with Crippen LogP contribution < -0.4 is 5.32 Å². The smallest absolute Gasteiger partial charge is 0.241 e. The van der Waals surface area contributed by atoms with Gasteiger partial charge in [-0.3, -0.25) is 19.1 Å². The summed E-state index contributed by atoms with van der Waals surface area (Å²) in [5, 5.41) is 11.2. The van der Waals surface area contributed by atoms with Crippen LogP contribution in [-0.4, -0.2) is 30.5 Å². The minimum Gasteiger partial charge on any atom is -0.350 e. The van der Waals surface area contributed by atoms with Gasteiger partial charge in [-0.1, -0.05) is 12.1 Å². The van der Waals surface area contributed by atoms with Gasteiger partial charge in [-0.15, -0.1) is 0 Å². The molecule has 3 aromatic heterocycles. The maximum atomic E-state index is 13.0. The molecule has 4 rings (SSSR count). The number of carbonyl (C=O) groups excluding carboxylic acids is 1. The zero-order valence-electron chi connectivity index (χ0n) is 15.8. The average Bonchev–Trinajstić information content (AvgIpc) is 3.36. The number of benzene rings is 1. The minimum absolute atomic E-state index is 0.0942. The molecule has 0 atom stereocenters. The topological polar surface area (TPSA) is 77.6 Å². The van der Waals surface area contributed by atoms with Crippen molar-refractivity contribution in [2.45, 2.75) is 13.1 Å². The van der Waals surface area contributed by atoms with Crippen LogP contribution in [0.4, 0.5) is 4.39 Å². The Kier molecular flexibility index (Phi) is 5.15. The van der Waals surface area contributed by atoms with E-state index >= 15 is 0 Å². The standard InChI is InChI=1S/C21H19FN6O/c1-27-12-18(10-25-27)17-6-15(7-23-9-17)8-24-21(29)14-28-13-19(11-26-28)16-2-4-20(22)5-3-16/h2-7,9-13H,8,14H2,1H3,(H,24,29). The monoisotopic (exact) mass is 390 g/mol. The van der Waals surface area contributed by atoms with E-state index in [-0.39, 0.29) is 18.3 Å². The molecule has 146 valence electrons. The summed E-state index contributed by atoms with van der Waals surface area (Å²) in [6.45, 7) is 0.461. The van der Waals surface area contributed by atoms with E-state index in [1.54, 1.807) is 52.5 Å². The minimum atomic E-state index is -0.289. The number of aromatic nitrogens is 5. The number of rotatable bonds is 6. The van der Waals surface area contributed by atoms with Gasteiger partial charge in [0.25, 0.3) is 0 Å². The van der Waals surface area contributed by atoms with Crippen LogP contribution in [0.1, 0.15) is 5.56 Å². The SMILES string of the molecule is Cn1cc(-c2cncc(CNC(=O)Cn3cc(-c4ccc(F)cc4)cn3)c2)cn1. The van der Waals surface area contributed by atoms with Gasteiger partial charge in [-0.05, 0) is 29.3 Å². The molecule has 0 aliphatic rings. The van der Waals surface area contributed by atoms with Gasteiger partial charge >= 0.3 is 0 Å². The Labute approximate surface area is 166 Å². The summed E-state index contributed by atoms with van der Waals surface area (Å²) < 4.78 is 16.3. The summed E-state index contributed by atoms with van der Waals surface area (Å²) in [4.78, 5) is 16.5. The molecule has 1 amide bonds. The number of nitrogens with one attached hydrogen (secondary N) is 1. The van der Waals surface area contributed by atoms with Crippen molar-refractivity contribution in [3.05, 3.63) is 78.9 Å². The van der Waals surface area contributed by atoms with Crippen molar-refractivity contribution in [1.29, 1.82) is 0 Å². The summed E-state index contributed by atoms with van der Waals surface area (Å²) in [6, 6.07) is 8.13. The van der Waals surface area contributed by atoms with Crippen molar-refractivity contribution in [3.8, 4) is 22.3 Å². The molecule has 29 heavy (non-hydrogen) atoms. The van der Waals surface area contributed by atoms with Crippen molar-refractivity contribution in [1.82, 2.24) is 29.9 Å². The second-order valence-electron chi connectivity index (χ2n) is 6.69. The molecule has 4 aromatic rings. The first kappa shape index (κ1) is 18.5. The van der Waals surface area contributed by atoms with E-state index in [0.717, 1.165) is 27.8 Å². The second kappa shape index (κ2) is 8.05. The molecule has 0 bridgehead atoms. The highest BCUT2D eigenvalue weighted by atomic mass is 19.1. The van der Waals surface area contributed by atoms with Gasteiger partial charge in [0.1, 0.15) is 12.4 Å². The summed E-state index contributed by atoms with van der Waals surface area (Å²) in [7, 11) is 1.86. The van der Waals surface area contributed by atoms with Crippen molar-refractivity contribution in [3.63, 3.8) is 0 Å². The summed E-state index contributed by atoms with van der Waals surface area (Å²) in [5.74, 6) is -0.451. The van der Waals surface area contributed by atoms with E-state index in [0.29, 0.717) is 6.54 Å². The van der Waals surface area contributed by atoms with E-state index in [1.807, 2.05) is 19.3 Å². The van der Waals surface area contributed by atoms with Crippen molar-refractivity contribution in [2.75, 3.05) is 0 Å². The van der Waals surface area contributed by atoms with Crippen molar-refractivity contribution < 1.29 is 9.18 Å². The zero-order chi connectivity index (χ0) is 20.2. The number of amides is 1. The molecule has 0 aliphatic heterocycles. The lowest BCUT2D eigenvalue weighted by atomic mass is 10.1. The zero-order valence-corrected chi connectivity index (χ0v) is 15.8. The lowest BCUT2D eigenvalue weighted by Crippen LogP contribution is -2.27.